The van der Waals surface area contributed by atoms with E-state index < -0.39 is 9.05 Å². The molecule has 14 heavy (non-hydrogen) atoms. The quantitative estimate of drug-likeness (QED) is 0.658. The second-order valence-corrected chi connectivity index (χ2v) is 8.12. The summed E-state index contributed by atoms with van der Waals surface area (Å²) in [6, 6.07) is 0. The van der Waals surface area contributed by atoms with Crippen LogP contribution in [0.1, 0.15) is 46.5 Å². The fourth-order valence-electron chi connectivity index (χ4n) is 2.42. The number of halogens is 1. The molecule has 0 aromatic heterocycles. The molecule has 0 bridgehead atoms. The van der Waals surface area contributed by atoms with Crippen LogP contribution in [0.25, 0.3) is 0 Å². The summed E-state index contributed by atoms with van der Waals surface area (Å²) in [5.41, 5.74) is 0.0348. The van der Waals surface area contributed by atoms with Crippen LogP contribution in [0.4, 0.5) is 0 Å². The maximum atomic E-state index is 11.4. The van der Waals surface area contributed by atoms with E-state index in [9.17, 15) is 8.42 Å². The SMILES string of the molecule is CC(C)(C)C1CCCCC1S(=O)(=O)Cl. The first-order valence-electron chi connectivity index (χ1n) is 5.16. The first-order chi connectivity index (χ1) is 6.23. The normalized spacial score (nSPS) is 30.3. The minimum Gasteiger partial charge on any atom is -0.212 e. The molecular formula is C10H19ClO2S. The highest BCUT2D eigenvalue weighted by Gasteiger charge is 2.40. The molecule has 1 fully saturated rings. The molecule has 0 heterocycles. The van der Waals surface area contributed by atoms with Crippen LogP contribution in [0.3, 0.4) is 0 Å². The van der Waals surface area contributed by atoms with Crippen molar-refractivity contribution in [3.63, 3.8) is 0 Å². The number of hydrogen-bond donors (Lipinski definition) is 0. The van der Waals surface area contributed by atoms with Gasteiger partial charge in [0.2, 0.25) is 9.05 Å². The van der Waals surface area contributed by atoms with Gasteiger partial charge in [0.15, 0.2) is 0 Å². The van der Waals surface area contributed by atoms with Gasteiger partial charge in [-0.2, -0.15) is 0 Å². The second kappa shape index (κ2) is 4.01. The summed E-state index contributed by atoms with van der Waals surface area (Å²) in [5, 5.41) is -0.335. The van der Waals surface area contributed by atoms with Crippen LogP contribution in [0.5, 0.6) is 0 Å². The molecule has 0 radical (unpaired) electrons. The zero-order chi connectivity index (χ0) is 11.0. The van der Waals surface area contributed by atoms with Crippen molar-refractivity contribution in [2.45, 2.75) is 51.7 Å². The lowest BCUT2D eigenvalue weighted by Gasteiger charge is -2.38. The molecule has 0 aromatic rings. The predicted octanol–water partition coefficient (Wildman–Crippen LogP) is 3.16. The van der Waals surface area contributed by atoms with Crippen LogP contribution < -0.4 is 0 Å². The molecule has 84 valence electrons. The van der Waals surface area contributed by atoms with Gasteiger partial charge < -0.3 is 0 Å². The molecule has 0 N–H and O–H groups in total. The topological polar surface area (TPSA) is 34.1 Å². The molecule has 2 nitrogen and oxygen atoms in total. The van der Waals surface area contributed by atoms with Crippen LogP contribution in [0, 0.1) is 11.3 Å². The fourth-order valence-corrected chi connectivity index (χ4v) is 4.45. The largest absolute Gasteiger partial charge is 0.235 e. The summed E-state index contributed by atoms with van der Waals surface area (Å²) < 4.78 is 22.8. The average molecular weight is 239 g/mol. The van der Waals surface area contributed by atoms with Gasteiger partial charge in [0.1, 0.15) is 0 Å². The van der Waals surface area contributed by atoms with E-state index in [1.54, 1.807) is 0 Å². The van der Waals surface area contributed by atoms with E-state index >= 15 is 0 Å². The van der Waals surface area contributed by atoms with Gasteiger partial charge >= 0.3 is 0 Å². The summed E-state index contributed by atoms with van der Waals surface area (Å²) >= 11 is 0. The van der Waals surface area contributed by atoms with Gasteiger partial charge in [-0.1, -0.05) is 33.6 Å². The van der Waals surface area contributed by atoms with E-state index in [0.717, 1.165) is 25.7 Å². The van der Waals surface area contributed by atoms with Gasteiger partial charge in [-0.15, -0.1) is 0 Å². The standard InChI is InChI=1S/C10H19ClO2S/c1-10(2,3)8-6-4-5-7-9(8)14(11,12)13/h8-9H,4-7H2,1-3H3. The third-order valence-electron chi connectivity index (χ3n) is 3.18. The van der Waals surface area contributed by atoms with Gasteiger partial charge in [-0.05, 0) is 24.2 Å². The highest BCUT2D eigenvalue weighted by Crippen LogP contribution is 2.41. The monoisotopic (exact) mass is 238 g/mol. The van der Waals surface area contributed by atoms with Crippen molar-refractivity contribution < 1.29 is 8.42 Å². The van der Waals surface area contributed by atoms with E-state index in [0.29, 0.717) is 0 Å². The van der Waals surface area contributed by atoms with Crippen molar-refractivity contribution >= 4 is 19.7 Å². The third-order valence-corrected chi connectivity index (χ3v) is 5.15. The Morgan fingerprint density at radius 3 is 2.00 bits per heavy atom. The van der Waals surface area contributed by atoms with Crippen molar-refractivity contribution in [3.8, 4) is 0 Å². The molecule has 1 aliphatic carbocycles. The van der Waals surface area contributed by atoms with E-state index in [1.165, 1.54) is 0 Å². The minimum atomic E-state index is -3.39. The Bertz CT molecular complexity index is 290. The summed E-state index contributed by atoms with van der Waals surface area (Å²) in [4.78, 5) is 0. The van der Waals surface area contributed by atoms with E-state index in [4.69, 9.17) is 10.7 Å². The van der Waals surface area contributed by atoms with Gasteiger partial charge in [-0.3, -0.25) is 0 Å². The second-order valence-electron chi connectivity index (χ2n) is 5.27. The number of rotatable bonds is 1. The lowest BCUT2D eigenvalue weighted by molar-refractivity contribution is 0.183. The van der Waals surface area contributed by atoms with E-state index in [1.807, 2.05) is 0 Å². The zero-order valence-corrected chi connectivity index (χ0v) is 10.7. The Morgan fingerprint density at radius 2 is 1.64 bits per heavy atom. The zero-order valence-electron chi connectivity index (χ0n) is 9.09. The smallest absolute Gasteiger partial charge is 0.212 e. The van der Waals surface area contributed by atoms with Crippen molar-refractivity contribution in [2.24, 2.45) is 11.3 Å². The molecule has 0 saturated heterocycles. The van der Waals surface area contributed by atoms with Crippen molar-refractivity contribution in [3.05, 3.63) is 0 Å². The van der Waals surface area contributed by atoms with Crippen LogP contribution in [-0.4, -0.2) is 13.7 Å². The first kappa shape index (κ1) is 12.3. The molecule has 1 saturated carbocycles. The van der Waals surface area contributed by atoms with Gasteiger partial charge in [-0.25, -0.2) is 8.42 Å². The predicted molar refractivity (Wildman–Crippen MR) is 60.0 cm³/mol. The molecule has 1 rings (SSSR count). The van der Waals surface area contributed by atoms with Crippen LogP contribution in [-0.2, 0) is 9.05 Å². The third kappa shape index (κ3) is 2.86. The summed E-state index contributed by atoms with van der Waals surface area (Å²) in [5.74, 6) is 0.207. The summed E-state index contributed by atoms with van der Waals surface area (Å²) in [6.07, 6.45) is 3.84. The van der Waals surface area contributed by atoms with E-state index in [-0.39, 0.29) is 16.6 Å². The molecule has 0 aliphatic heterocycles. The van der Waals surface area contributed by atoms with Gasteiger partial charge in [0, 0.05) is 10.7 Å². The lowest BCUT2D eigenvalue weighted by atomic mass is 9.72. The maximum absolute atomic E-state index is 11.4. The van der Waals surface area contributed by atoms with E-state index in [2.05, 4.69) is 20.8 Å². The number of hydrogen-bond acceptors (Lipinski definition) is 2. The summed E-state index contributed by atoms with van der Waals surface area (Å²) in [6.45, 7) is 6.29. The maximum Gasteiger partial charge on any atom is 0.235 e. The molecule has 4 heteroatoms. The van der Waals surface area contributed by atoms with Gasteiger partial charge in [0.25, 0.3) is 0 Å². The molecule has 2 atom stereocenters. The molecule has 1 aliphatic rings. The Labute approximate surface area is 91.5 Å². The Balaban J connectivity index is 2.91. The van der Waals surface area contributed by atoms with Crippen LogP contribution >= 0.6 is 10.7 Å². The molecule has 0 amide bonds. The highest BCUT2D eigenvalue weighted by atomic mass is 35.7. The Hall–Kier alpha value is 0.240. The van der Waals surface area contributed by atoms with Crippen molar-refractivity contribution in [1.82, 2.24) is 0 Å². The Morgan fingerprint density at radius 1 is 1.14 bits per heavy atom. The van der Waals surface area contributed by atoms with Crippen molar-refractivity contribution in [2.75, 3.05) is 0 Å². The summed E-state index contributed by atoms with van der Waals surface area (Å²) in [7, 11) is 2.10. The van der Waals surface area contributed by atoms with Gasteiger partial charge in [0.05, 0.1) is 5.25 Å². The Kier molecular flexibility index (Phi) is 3.53. The fraction of sp³-hybridized carbons (Fsp3) is 1.00. The molecule has 0 aromatic carbocycles. The molecule has 2 unspecified atom stereocenters. The van der Waals surface area contributed by atoms with Crippen LogP contribution in [0.15, 0.2) is 0 Å². The minimum absolute atomic E-state index is 0.0348. The van der Waals surface area contributed by atoms with Crippen LogP contribution in [0.2, 0.25) is 0 Å². The lowest BCUT2D eigenvalue weighted by Crippen LogP contribution is -2.38. The van der Waals surface area contributed by atoms with Crippen molar-refractivity contribution in [1.29, 1.82) is 0 Å². The highest BCUT2D eigenvalue weighted by molar-refractivity contribution is 8.14. The molecular weight excluding hydrogens is 220 g/mol. The molecule has 0 spiro atoms. The average Bonchev–Trinajstić information content (AvgIpc) is 2.01. The first-order valence-corrected chi connectivity index (χ1v) is 7.53.